The third-order valence-electron chi connectivity index (χ3n) is 3.08. The lowest BCUT2D eigenvalue weighted by Gasteiger charge is -2.28. The monoisotopic (exact) mass is 238 g/mol. The molecule has 1 aliphatic rings. The number of hydrogen-bond donors (Lipinski definition) is 2. The van der Waals surface area contributed by atoms with Gasteiger partial charge in [0.05, 0.1) is 13.4 Å². The largest absolute Gasteiger partial charge is 0.489 e. The molecule has 1 aliphatic heterocycles. The summed E-state index contributed by atoms with van der Waals surface area (Å²) < 4.78 is 5.15. The first-order valence-corrected chi connectivity index (χ1v) is 5.87. The molecule has 0 spiro atoms. The van der Waals surface area contributed by atoms with Crippen molar-refractivity contribution < 1.29 is 4.74 Å². The Labute approximate surface area is 100 Å². The molecule has 6 heteroatoms. The molecule has 0 radical (unpaired) electrons. The summed E-state index contributed by atoms with van der Waals surface area (Å²) in [7, 11) is 1.50. The number of ether oxygens (including phenoxy) is 1. The minimum Gasteiger partial charge on any atom is -0.489 e. The van der Waals surface area contributed by atoms with E-state index in [-0.39, 0.29) is 5.56 Å². The van der Waals surface area contributed by atoms with E-state index in [1.807, 2.05) is 0 Å². The molecular weight excluding hydrogens is 220 g/mol. The highest BCUT2D eigenvalue weighted by atomic mass is 16.5. The zero-order chi connectivity index (χ0) is 12.3. The number of anilines is 1. The van der Waals surface area contributed by atoms with Crippen LogP contribution < -0.4 is 20.5 Å². The Balaban J connectivity index is 2.36. The molecule has 1 fully saturated rings. The molecule has 1 aromatic heterocycles. The van der Waals surface area contributed by atoms with Crippen molar-refractivity contribution in [1.82, 2.24) is 15.3 Å². The summed E-state index contributed by atoms with van der Waals surface area (Å²) in [5.74, 6) is 0.925. The highest BCUT2D eigenvalue weighted by Gasteiger charge is 2.25. The van der Waals surface area contributed by atoms with Gasteiger partial charge in [0.25, 0.3) is 5.56 Å². The Kier molecular flexibility index (Phi) is 3.63. The fraction of sp³-hybridized carbons (Fsp3) is 0.636. The van der Waals surface area contributed by atoms with Gasteiger partial charge in [0.2, 0.25) is 5.75 Å². The van der Waals surface area contributed by atoms with Crippen LogP contribution in [0.2, 0.25) is 0 Å². The summed E-state index contributed by atoms with van der Waals surface area (Å²) >= 11 is 0. The highest BCUT2D eigenvalue weighted by Crippen LogP contribution is 2.24. The van der Waals surface area contributed by atoms with E-state index in [1.165, 1.54) is 13.4 Å². The van der Waals surface area contributed by atoms with Crippen LogP contribution in [-0.4, -0.2) is 42.8 Å². The van der Waals surface area contributed by atoms with Gasteiger partial charge >= 0.3 is 0 Å². The van der Waals surface area contributed by atoms with Gasteiger partial charge in [-0.2, -0.15) is 0 Å². The van der Waals surface area contributed by atoms with Gasteiger partial charge < -0.3 is 19.9 Å². The van der Waals surface area contributed by atoms with E-state index in [4.69, 9.17) is 4.74 Å². The standard InChI is InChI=1S/C11H18N4O2/c1-3-15(8-4-5-12-6-8)10-9(17-2)11(16)14-7-13-10/h7-8,12H,3-6H2,1-2H3,(H,13,14,16). The minimum absolute atomic E-state index is 0.234. The topological polar surface area (TPSA) is 70.2 Å². The second-order valence-electron chi connectivity index (χ2n) is 4.02. The van der Waals surface area contributed by atoms with Crippen molar-refractivity contribution in [3.05, 3.63) is 16.7 Å². The molecule has 2 heterocycles. The van der Waals surface area contributed by atoms with Crippen LogP contribution in [0.4, 0.5) is 5.82 Å². The lowest BCUT2D eigenvalue weighted by molar-refractivity contribution is 0.403. The fourth-order valence-electron chi connectivity index (χ4n) is 2.25. The van der Waals surface area contributed by atoms with Crippen molar-refractivity contribution in [2.75, 3.05) is 31.6 Å². The van der Waals surface area contributed by atoms with Crippen LogP contribution in [0.5, 0.6) is 5.75 Å². The molecule has 17 heavy (non-hydrogen) atoms. The van der Waals surface area contributed by atoms with Crippen molar-refractivity contribution >= 4 is 5.82 Å². The van der Waals surface area contributed by atoms with Crippen molar-refractivity contribution in [2.24, 2.45) is 0 Å². The molecule has 0 aliphatic carbocycles. The minimum atomic E-state index is -0.234. The Morgan fingerprint density at radius 3 is 3.06 bits per heavy atom. The van der Waals surface area contributed by atoms with Crippen LogP contribution in [-0.2, 0) is 0 Å². The van der Waals surface area contributed by atoms with E-state index in [2.05, 4.69) is 27.1 Å². The highest BCUT2D eigenvalue weighted by molar-refractivity contribution is 5.51. The van der Waals surface area contributed by atoms with Crippen molar-refractivity contribution in [1.29, 1.82) is 0 Å². The maximum Gasteiger partial charge on any atom is 0.295 e. The number of methoxy groups -OCH3 is 1. The van der Waals surface area contributed by atoms with Gasteiger partial charge in [-0.05, 0) is 19.9 Å². The molecule has 0 bridgehead atoms. The maximum absolute atomic E-state index is 11.6. The van der Waals surface area contributed by atoms with Gasteiger partial charge in [-0.3, -0.25) is 4.79 Å². The Bertz CT molecular complexity index is 426. The molecule has 2 N–H and O–H groups in total. The Hall–Kier alpha value is -1.56. The molecule has 2 rings (SSSR count). The first-order chi connectivity index (χ1) is 8.27. The number of rotatable bonds is 4. The van der Waals surface area contributed by atoms with E-state index >= 15 is 0 Å². The summed E-state index contributed by atoms with van der Waals surface area (Å²) in [5.41, 5.74) is -0.234. The van der Waals surface area contributed by atoms with Gasteiger partial charge in [-0.15, -0.1) is 0 Å². The molecule has 94 valence electrons. The van der Waals surface area contributed by atoms with Crippen molar-refractivity contribution in [2.45, 2.75) is 19.4 Å². The van der Waals surface area contributed by atoms with Crippen LogP contribution >= 0.6 is 0 Å². The number of hydrogen-bond acceptors (Lipinski definition) is 5. The van der Waals surface area contributed by atoms with E-state index < -0.39 is 0 Å². The normalized spacial score (nSPS) is 19.3. The first kappa shape index (κ1) is 11.9. The van der Waals surface area contributed by atoms with Gasteiger partial charge in [-0.25, -0.2) is 4.98 Å². The van der Waals surface area contributed by atoms with Gasteiger partial charge in [0.1, 0.15) is 0 Å². The number of aromatic amines is 1. The molecule has 0 aromatic carbocycles. The second kappa shape index (κ2) is 5.18. The van der Waals surface area contributed by atoms with Crippen molar-refractivity contribution in [3.8, 4) is 5.75 Å². The molecule has 0 saturated carbocycles. The molecule has 1 saturated heterocycles. The summed E-state index contributed by atoms with van der Waals surface area (Å²) in [6, 6.07) is 0.378. The Morgan fingerprint density at radius 2 is 2.47 bits per heavy atom. The van der Waals surface area contributed by atoms with E-state index in [9.17, 15) is 4.79 Å². The summed E-state index contributed by atoms with van der Waals surface area (Å²) in [4.78, 5) is 20.5. The smallest absolute Gasteiger partial charge is 0.295 e. The predicted molar refractivity (Wildman–Crippen MR) is 65.7 cm³/mol. The third-order valence-corrected chi connectivity index (χ3v) is 3.08. The summed E-state index contributed by atoms with van der Waals surface area (Å²) in [6.07, 6.45) is 2.48. The molecule has 1 unspecified atom stereocenters. The Morgan fingerprint density at radius 1 is 1.65 bits per heavy atom. The van der Waals surface area contributed by atoms with Crippen LogP contribution in [0.25, 0.3) is 0 Å². The zero-order valence-corrected chi connectivity index (χ0v) is 10.2. The van der Waals surface area contributed by atoms with E-state index in [0.29, 0.717) is 17.6 Å². The van der Waals surface area contributed by atoms with Crippen LogP contribution in [0.1, 0.15) is 13.3 Å². The quantitative estimate of drug-likeness (QED) is 0.770. The number of likely N-dealkylation sites (N-methyl/N-ethyl adjacent to an activating group) is 1. The predicted octanol–water partition coefficient (Wildman–Crippen LogP) is -0.0333. The first-order valence-electron chi connectivity index (χ1n) is 5.87. The number of H-pyrrole nitrogens is 1. The van der Waals surface area contributed by atoms with Gasteiger partial charge in [-0.1, -0.05) is 0 Å². The van der Waals surface area contributed by atoms with Gasteiger partial charge in [0.15, 0.2) is 5.82 Å². The van der Waals surface area contributed by atoms with E-state index in [1.54, 1.807) is 0 Å². The lowest BCUT2D eigenvalue weighted by atomic mass is 10.2. The van der Waals surface area contributed by atoms with Crippen LogP contribution in [0.3, 0.4) is 0 Å². The number of nitrogens with one attached hydrogen (secondary N) is 2. The fourth-order valence-corrected chi connectivity index (χ4v) is 2.25. The average Bonchev–Trinajstić information content (AvgIpc) is 2.84. The molecular formula is C11H18N4O2. The maximum atomic E-state index is 11.6. The van der Waals surface area contributed by atoms with E-state index in [0.717, 1.165) is 26.1 Å². The third kappa shape index (κ3) is 2.26. The van der Waals surface area contributed by atoms with Crippen LogP contribution in [0, 0.1) is 0 Å². The molecule has 0 amide bonds. The number of aromatic nitrogens is 2. The molecule has 6 nitrogen and oxygen atoms in total. The summed E-state index contributed by atoms with van der Waals surface area (Å²) in [5, 5.41) is 3.31. The average molecular weight is 238 g/mol. The molecule has 1 atom stereocenters. The van der Waals surface area contributed by atoms with Crippen molar-refractivity contribution in [3.63, 3.8) is 0 Å². The number of nitrogens with zero attached hydrogens (tertiary/aromatic N) is 2. The van der Waals surface area contributed by atoms with Gasteiger partial charge in [0, 0.05) is 19.1 Å². The zero-order valence-electron chi connectivity index (χ0n) is 10.2. The van der Waals surface area contributed by atoms with Crippen LogP contribution in [0.15, 0.2) is 11.1 Å². The lowest BCUT2D eigenvalue weighted by Crippen LogP contribution is -2.38. The SMILES string of the molecule is CCN(c1nc[nH]c(=O)c1OC)C1CCNC1. The summed E-state index contributed by atoms with van der Waals surface area (Å²) in [6.45, 7) is 4.79. The second-order valence-corrected chi connectivity index (χ2v) is 4.02. The molecule has 1 aromatic rings.